The largest absolute Gasteiger partial charge is 0.488 e. The first-order chi connectivity index (χ1) is 14.0. The third-order valence-electron chi connectivity index (χ3n) is 4.66. The Morgan fingerprint density at radius 1 is 1.37 bits per heavy atom. The number of benzene rings is 1. The van der Waals surface area contributed by atoms with E-state index < -0.39 is 0 Å². The zero-order valence-corrected chi connectivity index (χ0v) is 21.4. The van der Waals surface area contributed by atoms with Crippen LogP contribution in [-0.4, -0.2) is 36.8 Å². The predicted molar refractivity (Wildman–Crippen MR) is 134 cm³/mol. The molecule has 8 heteroatoms. The minimum Gasteiger partial charge on any atom is -0.488 e. The number of guanidine groups is 1. The standard InChI is InChI=1S/C22H32N4O2S.HI/c1-5-23-22(25-12-18-14-29-21(26-18)15(2)3)24-11-17-7-6-16(4)10-20(17)28-19-8-9-27-13-19;/h6-7,10,14-15,19H,5,8-9,11-13H2,1-4H3,(H2,23,24,25);1H. The first-order valence-electron chi connectivity index (χ1n) is 10.4. The van der Waals surface area contributed by atoms with E-state index in [0.717, 1.165) is 42.5 Å². The molecule has 30 heavy (non-hydrogen) atoms. The zero-order chi connectivity index (χ0) is 20.6. The van der Waals surface area contributed by atoms with Gasteiger partial charge in [-0.2, -0.15) is 0 Å². The molecule has 3 rings (SSSR count). The number of thiazole rings is 1. The van der Waals surface area contributed by atoms with E-state index in [-0.39, 0.29) is 30.1 Å². The van der Waals surface area contributed by atoms with Gasteiger partial charge in [-0.05, 0) is 25.5 Å². The summed E-state index contributed by atoms with van der Waals surface area (Å²) in [4.78, 5) is 9.45. The minimum absolute atomic E-state index is 0. The smallest absolute Gasteiger partial charge is 0.191 e. The summed E-state index contributed by atoms with van der Waals surface area (Å²) >= 11 is 1.71. The molecule has 1 aliphatic rings. The molecule has 1 aromatic heterocycles. The van der Waals surface area contributed by atoms with Gasteiger partial charge >= 0.3 is 0 Å². The van der Waals surface area contributed by atoms with Gasteiger partial charge in [-0.1, -0.05) is 26.0 Å². The lowest BCUT2D eigenvalue weighted by atomic mass is 10.1. The molecule has 1 unspecified atom stereocenters. The average molecular weight is 545 g/mol. The van der Waals surface area contributed by atoms with Crippen LogP contribution in [0.15, 0.2) is 28.6 Å². The summed E-state index contributed by atoms with van der Waals surface area (Å²) in [5, 5.41) is 9.98. The van der Waals surface area contributed by atoms with Crippen molar-refractivity contribution in [3.8, 4) is 5.75 Å². The molecular weight excluding hydrogens is 511 g/mol. The number of nitrogens with zero attached hydrogens (tertiary/aromatic N) is 2. The van der Waals surface area contributed by atoms with Crippen LogP contribution < -0.4 is 15.4 Å². The second-order valence-electron chi connectivity index (χ2n) is 7.60. The van der Waals surface area contributed by atoms with Crippen LogP contribution in [0.1, 0.15) is 54.9 Å². The van der Waals surface area contributed by atoms with Crippen LogP contribution in [-0.2, 0) is 17.8 Å². The Hall–Kier alpha value is -1.39. The quantitative estimate of drug-likeness (QED) is 0.289. The lowest BCUT2D eigenvalue weighted by Gasteiger charge is -2.16. The molecule has 1 saturated heterocycles. The van der Waals surface area contributed by atoms with E-state index in [0.29, 0.717) is 25.6 Å². The van der Waals surface area contributed by atoms with E-state index in [4.69, 9.17) is 14.5 Å². The molecular formula is C22H33IN4O2S. The van der Waals surface area contributed by atoms with Gasteiger partial charge in [0.15, 0.2) is 5.96 Å². The van der Waals surface area contributed by atoms with Gasteiger partial charge in [0, 0.05) is 29.8 Å². The molecule has 0 saturated carbocycles. The van der Waals surface area contributed by atoms with E-state index in [1.165, 1.54) is 10.6 Å². The molecule has 2 heterocycles. The van der Waals surface area contributed by atoms with Crippen molar-refractivity contribution < 1.29 is 9.47 Å². The molecule has 2 N–H and O–H groups in total. The molecule has 0 amide bonds. The van der Waals surface area contributed by atoms with Gasteiger partial charge in [0.1, 0.15) is 11.9 Å². The van der Waals surface area contributed by atoms with Crippen LogP contribution in [0.3, 0.4) is 0 Å². The number of aromatic nitrogens is 1. The van der Waals surface area contributed by atoms with Crippen LogP contribution in [0.25, 0.3) is 0 Å². The molecule has 1 aromatic carbocycles. The van der Waals surface area contributed by atoms with Gasteiger partial charge in [0.25, 0.3) is 0 Å². The highest BCUT2D eigenvalue weighted by molar-refractivity contribution is 14.0. The molecule has 0 spiro atoms. The minimum atomic E-state index is 0. The monoisotopic (exact) mass is 544 g/mol. The molecule has 0 aliphatic carbocycles. The average Bonchev–Trinajstić information content (AvgIpc) is 3.37. The molecule has 0 bridgehead atoms. The van der Waals surface area contributed by atoms with E-state index in [9.17, 15) is 0 Å². The van der Waals surface area contributed by atoms with Crippen molar-refractivity contribution in [2.24, 2.45) is 4.99 Å². The summed E-state index contributed by atoms with van der Waals surface area (Å²) in [6.07, 6.45) is 1.07. The number of halogens is 1. The van der Waals surface area contributed by atoms with Crippen molar-refractivity contribution in [1.29, 1.82) is 0 Å². The number of ether oxygens (including phenoxy) is 2. The fraction of sp³-hybridized carbons (Fsp3) is 0.545. The number of rotatable bonds is 8. The highest BCUT2D eigenvalue weighted by Crippen LogP contribution is 2.24. The van der Waals surface area contributed by atoms with E-state index in [2.05, 4.69) is 66.9 Å². The lowest BCUT2D eigenvalue weighted by Crippen LogP contribution is -2.36. The maximum Gasteiger partial charge on any atom is 0.191 e. The van der Waals surface area contributed by atoms with Crippen molar-refractivity contribution in [2.75, 3.05) is 19.8 Å². The Balaban J connectivity index is 0.00000320. The fourth-order valence-electron chi connectivity index (χ4n) is 3.04. The summed E-state index contributed by atoms with van der Waals surface area (Å²) in [5.74, 6) is 2.14. The molecule has 2 aromatic rings. The third-order valence-corrected chi connectivity index (χ3v) is 5.85. The Morgan fingerprint density at radius 2 is 2.20 bits per heavy atom. The van der Waals surface area contributed by atoms with Crippen LogP contribution in [0.4, 0.5) is 0 Å². The topological polar surface area (TPSA) is 67.8 Å². The van der Waals surface area contributed by atoms with E-state index in [1.807, 2.05) is 0 Å². The lowest BCUT2D eigenvalue weighted by molar-refractivity contribution is 0.140. The SMILES string of the molecule is CCNC(=NCc1ccc(C)cc1OC1CCOC1)NCc1csc(C(C)C)n1.I. The second kappa shape index (κ2) is 12.5. The van der Waals surface area contributed by atoms with Crippen molar-refractivity contribution in [1.82, 2.24) is 15.6 Å². The maximum atomic E-state index is 6.19. The number of hydrogen-bond donors (Lipinski definition) is 2. The first-order valence-corrected chi connectivity index (χ1v) is 11.2. The van der Waals surface area contributed by atoms with Gasteiger partial charge in [-0.25, -0.2) is 9.98 Å². The maximum absolute atomic E-state index is 6.19. The van der Waals surface area contributed by atoms with E-state index in [1.54, 1.807) is 11.3 Å². The summed E-state index contributed by atoms with van der Waals surface area (Å²) in [7, 11) is 0. The zero-order valence-electron chi connectivity index (χ0n) is 18.2. The Labute approximate surface area is 200 Å². The van der Waals surface area contributed by atoms with E-state index >= 15 is 0 Å². The molecule has 0 radical (unpaired) electrons. The number of hydrogen-bond acceptors (Lipinski definition) is 5. The van der Waals surface area contributed by atoms with Crippen LogP contribution in [0.5, 0.6) is 5.75 Å². The van der Waals surface area contributed by atoms with Crippen LogP contribution >= 0.6 is 35.3 Å². The predicted octanol–water partition coefficient (Wildman–Crippen LogP) is 4.62. The first kappa shape index (κ1) is 24.9. The molecule has 166 valence electrons. The molecule has 1 aliphatic heterocycles. The van der Waals surface area contributed by atoms with Gasteiger partial charge in [-0.3, -0.25) is 0 Å². The normalized spacial score (nSPS) is 16.4. The second-order valence-corrected chi connectivity index (χ2v) is 8.48. The van der Waals surface area contributed by atoms with Crippen LogP contribution in [0, 0.1) is 6.92 Å². The van der Waals surface area contributed by atoms with Gasteiger partial charge < -0.3 is 20.1 Å². The van der Waals surface area contributed by atoms with Crippen molar-refractivity contribution in [3.05, 3.63) is 45.4 Å². The summed E-state index contributed by atoms with van der Waals surface area (Å²) in [6, 6.07) is 6.29. The summed E-state index contributed by atoms with van der Waals surface area (Å²) in [5.41, 5.74) is 3.31. The van der Waals surface area contributed by atoms with Gasteiger partial charge in [0.2, 0.25) is 0 Å². The Bertz CT molecular complexity index is 819. The number of aliphatic imine (C=N–C) groups is 1. The third kappa shape index (κ3) is 7.39. The fourth-order valence-corrected chi connectivity index (χ4v) is 3.87. The van der Waals surface area contributed by atoms with Crippen molar-refractivity contribution in [3.63, 3.8) is 0 Å². The number of aryl methyl sites for hydroxylation is 1. The van der Waals surface area contributed by atoms with Gasteiger partial charge in [-0.15, -0.1) is 35.3 Å². The van der Waals surface area contributed by atoms with Crippen LogP contribution in [0.2, 0.25) is 0 Å². The highest BCUT2D eigenvalue weighted by atomic mass is 127. The Kier molecular flexibility index (Phi) is 10.3. The Morgan fingerprint density at radius 3 is 2.87 bits per heavy atom. The number of nitrogens with one attached hydrogen (secondary N) is 2. The summed E-state index contributed by atoms with van der Waals surface area (Å²) in [6.45, 7) is 11.9. The summed E-state index contributed by atoms with van der Waals surface area (Å²) < 4.78 is 11.6. The highest BCUT2D eigenvalue weighted by Gasteiger charge is 2.18. The molecule has 1 fully saturated rings. The van der Waals surface area contributed by atoms with Crippen molar-refractivity contribution in [2.45, 2.75) is 59.2 Å². The molecule has 6 nitrogen and oxygen atoms in total. The van der Waals surface area contributed by atoms with Gasteiger partial charge in [0.05, 0.1) is 37.0 Å². The van der Waals surface area contributed by atoms with Crippen molar-refractivity contribution >= 4 is 41.3 Å². The molecule has 1 atom stereocenters.